The van der Waals surface area contributed by atoms with Crippen LogP contribution in [-0.4, -0.2) is 19.8 Å². The van der Waals surface area contributed by atoms with Gasteiger partial charge < -0.3 is 38.4 Å². The minimum absolute atomic E-state index is 0. The number of hydrogen-bond acceptors (Lipinski definition) is 3. The summed E-state index contributed by atoms with van der Waals surface area (Å²) in [6.45, 7) is 8.71. The van der Waals surface area contributed by atoms with E-state index in [0.717, 1.165) is 58.3 Å². The first kappa shape index (κ1) is 28.6. The Balaban J connectivity index is -0.000000375. The molecule has 0 rings (SSSR count). The fraction of sp³-hybridized carbons (Fsp3) is 1.00. The topological polar surface area (TPSA) is 27.7 Å². The van der Waals surface area contributed by atoms with Crippen LogP contribution in [0.1, 0.15) is 59.3 Å². The normalized spacial score (nSPS) is 9.47. The minimum Gasteiger partial charge on any atom is -1.00 e. The molecule has 0 aliphatic carbocycles. The van der Waals surface area contributed by atoms with Gasteiger partial charge >= 0.3 is 28.1 Å². The van der Waals surface area contributed by atoms with Crippen LogP contribution < -0.4 is 24.8 Å². The molecule has 0 unspecified atom stereocenters. The number of rotatable bonds is 12. The van der Waals surface area contributed by atoms with Crippen molar-refractivity contribution in [3.63, 3.8) is 0 Å². The Morgan fingerprint density at radius 1 is 0.632 bits per heavy atom. The summed E-state index contributed by atoms with van der Waals surface area (Å²) in [6, 6.07) is 0. The Morgan fingerprint density at radius 3 is 1.11 bits per heavy atom. The van der Waals surface area contributed by atoms with E-state index >= 15 is 0 Å². The molecule has 0 aromatic heterocycles. The quantitative estimate of drug-likeness (QED) is 0.236. The van der Waals surface area contributed by atoms with Crippen LogP contribution in [-0.2, 0) is 33.0 Å². The standard InChI is InChI=1S/C12H27O3P.2ClH.Zn/c1-4-7-10-13-16(14-11-8-5-2)15-12-9-6-3;;;/h4-12H2,1-3H3;2*1H;/q;;;+2/p-2. The maximum absolute atomic E-state index is 5.60. The van der Waals surface area contributed by atoms with Crippen LogP contribution >= 0.6 is 8.60 Å². The molecule has 0 aliphatic heterocycles. The van der Waals surface area contributed by atoms with Crippen LogP contribution in [0.5, 0.6) is 0 Å². The number of halogens is 2. The Bertz CT molecular complexity index is 124. The predicted octanol–water partition coefficient (Wildman–Crippen LogP) is -1.33. The van der Waals surface area contributed by atoms with Gasteiger partial charge in [-0.15, -0.1) is 0 Å². The van der Waals surface area contributed by atoms with E-state index in [4.69, 9.17) is 13.6 Å². The number of hydrogen-bond donors (Lipinski definition) is 0. The molecule has 0 amide bonds. The summed E-state index contributed by atoms with van der Waals surface area (Å²) in [5.74, 6) is 0. The molecule has 0 N–H and O–H groups in total. The molecule has 19 heavy (non-hydrogen) atoms. The van der Waals surface area contributed by atoms with Gasteiger partial charge in [-0.05, 0) is 19.3 Å². The molecule has 0 spiro atoms. The zero-order valence-electron chi connectivity index (χ0n) is 12.5. The average Bonchev–Trinajstić information content (AvgIpc) is 2.29. The molecule has 3 nitrogen and oxygen atoms in total. The summed E-state index contributed by atoms with van der Waals surface area (Å²) in [4.78, 5) is 0. The van der Waals surface area contributed by atoms with E-state index in [9.17, 15) is 0 Å². The Labute approximate surface area is 145 Å². The van der Waals surface area contributed by atoms with Crippen molar-refractivity contribution in [2.75, 3.05) is 19.8 Å². The second-order valence-electron chi connectivity index (χ2n) is 3.78. The SMILES string of the molecule is CCCCOP(OCCCC)OCCCC.[Cl-].[Cl-].[Zn+2]. The molecule has 0 bridgehead atoms. The third kappa shape index (κ3) is 21.9. The molecule has 0 radical (unpaired) electrons. The zero-order valence-corrected chi connectivity index (χ0v) is 17.9. The van der Waals surface area contributed by atoms with Crippen molar-refractivity contribution in [1.82, 2.24) is 0 Å². The first-order valence-corrected chi connectivity index (χ1v) is 7.63. The molecule has 0 saturated heterocycles. The summed E-state index contributed by atoms with van der Waals surface area (Å²) in [5, 5.41) is 0. The molecule has 0 saturated carbocycles. The summed E-state index contributed by atoms with van der Waals surface area (Å²) >= 11 is 0. The molecule has 0 atom stereocenters. The largest absolute Gasteiger partial charge is 2.00 e. The Morgan fingerprint density at radius 2 is 0.895 bits per heavy atom. The van der Waals surface area contributed by atoms with Crippen molar-refractivity contribution in [3.05, 3.63) is 0 Å². The van der Waals surface area contributed by atoms with Crippen LogP contribution in [0, 0.1) is 0 Å². The van der Waals surface area contributed by atoms with Gasteiger partial charge in [0.05, 0.1) is 19.8 Å². The Hall–Kier alpha value is 1.51. The average molecular weight is 387 g/mol. The molecule has 114 valence electrons. The van der Waals surface area contributed by atoms with Crippen LogP contribution in [0.3, 0.4) is 0 Å². The summed E-state index contributed by atoms with van der Waals surface area (Å²) in [7, 11) is -1.10. The van der Waals surface area contributed by atoms with Crippen LogP contribution in [0.25, 0.3) is 0 Å². The molecular formula is C12H27Cl2O3PZn. The van der Waals surface area contributed by atoms with Crippen molar-refractivity contribution in [2.45, 2.75) is 59.3 Å². The Kier molecular flexibility index (Phi) is 37.0. The van der Waals surface area contributed by atoms with Crippen LogP contribution in [0.2, 0.25) is 0 Å². The van der Waals surface area contributed by atoms with Gasteiger partial charge in [0.2, 0.25) is 0 Å². The van der Waals surface area contributed by atoms with E-state index in [0.29, 0.717) is 0 Å². The van der Waals surface area contributed by atoms with E-state index in [1.807, 2.05) is 0 Å². The van der Waals surface area contributed by atoms with Gasteiger partial charge in [0.15, 0.2) is 0 Å². The van der Waals surface area contributed by atoms with E-state index in [1.165, 1.54) is 0 Å². The molecular weight excluding hydrogens is 359 g/mol. The molecule has 0 heterocycles. The van der Waals surface area contributed by atoms with Gasteiger partial charge in [-0.2, -0.15) is 0 Å². The van der Waals surface area contributed by atoms with Crippen molar-refractivity contribution in [2.24, 2.45) is 0 Å². The third-order valence-electron chi connectivity index (χ3n) is 2.08. The van der Waals surface area contributed by atoms with Crippen molar-refractivity contribution >= 4 is 8.60 Å². The second-order valence-corrected chi connectivity index (χ2v) is 5.01. The van der Waals surface area contributed by atoms with Gasteiger partial charge in [-0.25, -0.2) is 0 Å². The maximum Gasteiger partial charge on any atom is 2.00 e. The van der Waals surface area contributed by atoms with E-state index < -0.39 is 8.60 Å². The molecule has 0 aromatic carbocycles. The van der Waals surface area contributed by atoms with E-state index in [1.54, 1.807) is 0 Å². The third-order valence-corrected chi connectivity index (χ3v) is 3.26. The minimum atomic E-state index is -1.10. The van der Waals surface area contributed by atoms with Crippen LogP contribution in [0.15, 0.2) is 0 Å². The summed E-state index contributed by atoms with van der Waals surface area (Å²) in [6.07, 6.45) is 6.67. The fourth-order valence-corrected chi connectivity index (χ4v) is 2.02. The monoisotopic (exact) mass is 384 g/mol. The molecule has 0 aromatic rings. The number of unbranched alkanes of at least 4 members (excludes halogenated alkanes) is 3. The van der Waals surface area contributed by atoms with Gasteiger partial charge in [0.1, 0.15) is 0 Å². The molecule has 0 fully saturated rings. The van der Waals surface area contributed by atoms with Crippen molar-refractivity contribution in [3.8, 4) is 0 Å². The van der Waals surface area contributed by atoms with Crippen molar-refractivity contribution < 1.29 is 57.9 Å². The molecule has 7 heteroatoms. The van der Waals surface area contributed by atoms with Crippen molar-refractivity contribution in [1.29, 1.82) is 0 Å². The van der Waals surface area contributed by atoms with Gasteiger partial charge in [0, 0.05) is 0 Å². The first-order valence-electron chi connectivity index (χ1n) is 6.54. The van der Waals surface area contributed by atoms with Gasteiger partial charge in [-0.1, -0.05) is 40.0 Å². The fourth-order valence-electron chi connectivity index (χ4n) is 0.962. The molecule has 0 aliphatic rings. The van der Waals surface area contributed by atoms with E-state index in [-0.39, 0.29) is 44.3 Å². The smallest absolute Gasteiger partial charge is 1.00 e. The van der Waals surface area contributed by atoms with Gasteiger partial charge in [-0.3, -0.25) is 0 Å². The maximum atomic E-state index is 5.60. The van der Waals surface area contributed by atoms with Crippen LogP contribution in [0.4, 0.5) is 0 Å². The van der Waals surface area contributed by atoms with E-state index in [2.05, 4.69) is 20.8 Å². The first-order chi connectivity index (χ1) is 7.85. The zero-order chi connectivity index (χ0) is 12.1. The summed E-state index contributed by atoms with van der Waals surface area (Å²) < 4.78 is 16.8. The summed E-state index contributed by atoms with van der Waals surface area (Å²) in [5.41, 5.74) is 0. The second kappa shape index (κ2) is 24.5. The predicted molar refractivity (Wildman–Crippen MR) is 69.5 cm³/mol. The van der Waals surface area contributed by atoms with Gasteiger partial charge in [0.25, 0.3) is 0 Å².